The molecule has 1 fully saturated rings. The van der Waals surface area contributed by atoms with Crippen LogP contribution in [0.25, 0.3) is 0 Å². The number of ether oxygens (including phenoxy) is 1. The van der Waals surface area contributed by atoms with Crippen LogP contribution in [-0.2, 0) is 9.53 Å². The summed E-state index contributed by atoms with van der Waals surface area (Å²) in [5, 5.41) is 5.41. The highest BCUT2D eigenvalue weighted by molar-refractivity contribution is 5.73. The molecular weight excluding hydrogens is 268 g/mol. The number of urea groups is 1. The summed E-state index contributed by atoms with van der Waals surface area (Å²) in [6.45, 7) is 10.7. The lowest BCUT2D eigenvalue weighted by Crippen LogP contribution is -2.50. The Morgan fingerprint density at radius 2 is 1.86 bits per heavy atom. The van der Waals surface area contributed by atoms with Crippen molar-refractivity contribution in [3.63, 3.8) is 0 Å². The van der Waals surface area contributed by atoms with E-state index in [4.69, 9.17) is 9.53 Å². The molecule has 0 spiro atoms. The van der Waals surface area contributed by atoms with Crippen LogP contribution >= 0.6 is 0 Å². The first-order valence-corrected chi connectivity index (χ1v) is 7.36. The quantitative estimate of drug-likeness (QED) is 0.767. The predicted octanol–water partition coefficient (Wildman–Crippen LogP) is 2.83. The van der Waals surface area contributed by atoms with Crippen LogP contribution in [0.5, 0.6) is 0 Å². The molecule has 1 aliphatic rings. The first kappa shape index (κ1) is 21.7. The Labute approximate surface area is 128 Å². The Morgan fingerprint density at radius 1 is 1.29 bits per heavy atom. The lowest BCUT2D eigenvalue weighted by atomic mass is 9.89. The molecule has 0 radical (unpaired) electrons. The van der Waals surface area contributed by atoms with Crippen LogP contribution in [-0.4, -0.2) is 38.6 Å². The van der Waals surface area contributed by atoms with Crippen molar-refractivity contribution in [3.8, 4) is 0 Å². The van der Waals surface area contributed by atoms with E-state index in [-0.39, 0.29) is 18.2 Å². The van der Waals surface area contributed by atoms with Gasteiger partial charge in [0.05, 0.1) is 12.7 Å². The Kier molecular flexibility index (Phi) is 15.3. The number of hydrogen-bond donors (Lipinski definition) is 2. The third-order valence-electron chi connectivity index (χ3n) is 2.89. The van der Waals surface area contributed by atoms with Gasteiger partial charge in [0.1, 0.15) is 6.79 Å². The summed E-state index contributed by atoms with van der Waals surface area (Å²) in [5.74, 6) is 0. The number of rotatable bonds is 5. The van der Waals surface area contributed by atoms with Gasteiger partial charge in [-0.1, -0.05) is 32.1 Å². The molecule has 1 aliphatic carbocycles. The monoisotopic (exact) mass is 298 g/mol. The summed E-state index contributed by atoms with van der Waals surface area (Å²) in [7, 11) is 1.62. The molecule has 0 heterocycles. The van der Waals surface area contributed by atoms with Crippen molar-refractivity contribution in [2.75, 3.05) is 13.7 Å². The van der Waals surface area contributed by atoms with E-state index in [1.807, 2.05) is 40.6 Å². The maximum atomic E-state index is 11.0. The Balaban J connectivity index is 0. The molecule has 0 aromatic carbocycles. The summed E-state index contributed by atoms with van der Waals surface area (Å²) in [4.78, 5) is 19.0. The minimum atomic E-state index is -0.114. The highest BCUT2D eigenvalue weighted by Crippen LogP contribution is 2.23. The predicted molar refractivity (Wildman–Crippen MR) is 87.4 cm³/mol. The van der Waals surface area contributed by atoms with Gasteiger partial charge in [0, 0.05) is 13.1 Å². The van der Waals surface area contributed by atoms with Gasteiger partial charge in [0.2, 0.25) is 0 Å². The van der Waals surface area contributed by atoms with Crippen molar-refractivity contribution in [1.82, 2.24) is 10.6 Å². The molecule has 21 heavy (non-hydrogen) atoms. The van der Waals surface area contributed by atoms with E-state index in [1.54, 1.807) is 7.05 Å². The largest absolute Gasteiger partial charge is 0.373 e. The van der Waals surface area contributed by atoms with Crippen LogP contribution in [0, 0.1) is 0 Å². The molecule has 0 aliphatic heterocycles. The van der Waals surface area contributed by atoms with Gasteiger partial charge in [-0.05, 0) is 32.3 Å². The zero-order valence-electron chi connectivity index (χ0n) is 13.9. The van der Waals surface area contributed by atoms with E-state index in [9.17, 15) is 4.79 Å². The fourth-order valence-corrected chi connectivity index (χ4v) is 1.73. The second kappa shape index (κ2) is 14.8. The maximum Gasteiger partial charge on any atom is 0.314 e. The van der Waals surface area contributed by atoms with Crippen LogP contribution in [0.2, 0.25) is 0 Å². The molecule has 0 atom stereocenters. The number of amides is 2. The second-order valence-electron chi connectivity index (χ2n) is 4.19. The van der Waals surface area contributed by atoms with Crippen molar-refractivity contribution >= 4 is 12.8 Å². The molecule has 1 saturated carbocycles. The average Bonchev–Trinajstić information content (AvgIpc) is 2.51. The normalized spacial score (nSPS) is 20.3. The Morgan fingerprint density at radius 3 is 2.29 bits per heavy atom. The third kappa shape index (κ3) is 9.85. The van der Waals surface area contributed by atoms with E-state index in [0.717, 1.165) is 12.8 Å². The van der Waals surface area contributed by atoms with E-state index in [0.29, 0.717) is 6.61 Å². The number of nitrogens with one attached hydrogen (secondary N) is 2. The fraction of sp³-hybridized carbons (Fsp3) is 0.625. The summed E-state index contributed by atoms with van der Waals surface area (Å²) >= 11 is 0. The molecule has 1 rings (SSSR count). The standard InChI is InChI=1S/C13H22N2O2.C2H6.CH2O/c1-4-6-10(5-2)9-17-12-7-11(8-12)15-13(16)14-3;2*1-2/h4-6,11-12H,7-9H2,1-3H3,(H2,14,15,16);1-2H3;1H2/b6-4-,10-5+;;. The third-order valence-corrected chi connectivity index (χ3v) is 2.89. The van der Waals surface area contributed by atoms with Crippen molar-refractivity contribution < 1.29 is 14.3 Å². The van der Waals surface area contributed by atoms with E-state index < -0.39 is 0 Å². The van der Waals surface area contributed by atoms with Gasteiger partial charge in [-0.25, -0.2) is 4.79 Å². The highest BCUT2D eigenvalue weighted by atomic mass is 16.5. The number of hydrogen-bond acceptors (Lipinski definition) is 3. The van der Waals surface area contributed by atoms with Crippen LogP contribution < -0.4 is 10.6 Å². The van der Waals surface area contributed by atoms with Crippen LogP contribution in [0.15, 0.2) is 23.8 Å². The molecule has 5 nitrogen and oxygen atoms in total. The lowest BCUT2D eigenvalue weighted by molar-refractivity contribution is -0.0980. The Bertz CT molecular complexity index is 321. The molecule has 2 amide bonds. The molecule has 2 N–H and O–H groups in total. The van der Waals surface area contributed by atoms with Crippen LogP contribution in [0.4, 0.5) is 4.79 Å². The van der Waals surface area contributed by atoms with Crippen molar-refractivity contribution in [3.05, 3.63) is 23.8 Å². The number of allylic oxidation sites excluding steroid dienone is 2. The molecular formula is C16H30N2O3. The number of carbonyl (C=O) groups excluding carboxylic acids is 2. The minimum absolute atomic E-state index is 0.114. The number of carbonyl (C=O) groups is 2. The molecule has 0 saturated heterocycles. The van der Waals surface area contributed by atoms with Crippen molar-refractivity contribution in [1.29, 1.82) is 0 Å². The van der Waals surface area contributed by atoms with Gasteiger partial charge in [0.25, 0.3) is 0 Å². The molecule has 0 aromatic rings. The summed E-state index contributed by atoms with van der Waals surface area (Å²) in [5.41, 5.74) is 1.19. The fourth-order valence-electron chi connectivity index (χ4n) is 1.73. The maximum absolute atomic E-state index is 11.0. The minimum Gasteiger partial charge on any atom is -0.373 e. The second-order valence-corrected chi connectivity index (χ2v) is 4.19. The SMILES string of the molecule is C/C=C\C(=C/C)COC1CC(NC(=O)NC)C1.C=O.CC. The van der Waals surface area contributed by atoms with Crippen molar-refractivity contribution in [2.45, 2.75) is 52.7 Å². The zero-order valence-corrected chi connectivity index (χ0v) is 13.9. The zero-order chi connectivity index (χ0) is 16.7. The molecule has 0 unspecified atom stereocenters. The van der Waals surface area contributed by atoms with Crippen LogP contribution in [0.1, 0.15) is 40.5 Å². The molecule has 122 valence electrons. The van der Waals surface area contributed by atoms with Gasteiger partial charge in [-0.15, -0.1) is 0 Å². The van der Waals surface area contributed by atoms with Gasteiger partial charge in [0.15, 0.2) is 0 Å². The van der Waals surface area contributed by atoms with Crippen LogP contribution in [0.3, 0.4) is 0 Å². The summed E-state index contributed by atoms with van der Waals surface area (Å²) in [6, 6.07) is 0.146. The topological polar surface area (TPSA) is 67.4 Å². The highest BCUT2D eigenvalue weighted by Gasteiger charge is 2.30. The smallest absolute Gasteiger partial charge is 0.314 e. The van der Waals surface area contributed by atoms with Gasteiger partial charge in [-0.3, -0.25) is 0 Å². The van der Waals surface area contributed by atoms with E-state index in [1.165, 1.54) is 5.57 Å². The average molecular weight is 298 g/mol. The summed E-state index contributed by atoms with van der Waals surface area (Å²) in [6.07, 6.45) is 8.20. The molecule has 0 bridgehead atoms. The molecule has 0 aromatic heterocycles. The van der Waals surface area contributed by atoms with Gasteiger partial charge in [-0.2, -0.15) is 0 Å². The first-order chi connectivity index (χ1) is 10.2. The van der Waals surface area contributed by atoms with Gasteiger partial charge >= 0.3 is 6.03 Å². The first-order valence-electron chi connectivity index (χ1n) is 7.36. The van der Waals surface area contributed by atoms with E-state index in [2.05, 4.69) is 22.8 Å². The van der Waals surface area contributed by atoms with E-state index >= 15 is 0 Å². The van der Waals surface area contributed by atoms with Gasteiger partial charge < -0.3 is 20.2 Å². The molecule has 5 heteroatoms. The summed E-state index contributed by atoms with van der Waals surface area (Å²) < 4.78 is 5.74. The Hall–Kier alpha value is -1.62. The lowest BCUT2D eigenvalue weighted by Gasteiger charge is -2.35. The van der Waals surface area contributed by atoms with Crippen molar-refractivity contribution in [2.24, 2.45) is 0 Å².